The van der Waals surface area contributed by atoms with Crippen LogP contribution in [-0.4, -0.2) is 56.6 Å². The van der Waals surface area contributed by atoms with Crippen LogP contribution in [0.25, 0.3) is 0 Å². The Labute approximate surface area is 130 Å². The van der Waals surface area contributed by atoms with Crippen molar-refractivity contribution in [1.82, 2.24) is 0 Å². The molecular formula is C18H34N3+3. The number of hydrogen-bond acceptors (Lipinski definition) is 0. The lowest BCUT2D eigenvalue weighted by Crippen LogP contribution is -3.26. The zero-order valence-corrected chi connectivity index (χ0v) is 14.3. The number of nitrogens with one attached hydrogen (secondary N) is 2. The number of allylic oxidation sites excluding steroid dienone is 2. The average Bonchev–Trinajstić information content (AvgIpc) is 2.47. The Morgan fingerprint density at radius 1 is 0.952 bits per heavy atom. The molecule has 0 saturated carbocycles. The summed E-state index contributed by atoms with van der Waals surface area (Å²) in [5, 5.41) is 0. The summed E-state index contributed by atoms with van der Waals surface area (Å²) >= 11 is 0. The molecule has 0 spiro atoms. The molecule has 3 nitrogen and oxygen atoms in total. The van der Waals surface area contributed by atoms with Crippen LogP contribution in [0.15, 0.2) is 11.8 Å². The SMILES string of the molecule is C[NH+]1CC[NH+](C2=CC(=[N+]3CCCCC3)CC(C)(C)C2)CC1. The van der Waals surface area contributed by atoms with Gasteiger partial charge in [-0.25, -0.2) is 4.58 Å². The van der Waals surface area contributed by atoms with Crippen molar-refractivity contribution in [3.63, 3.8) is 0 Å². The van der Waals surface area contributed by atoms with Crippen LogP contribution in [0.4, 0.5) is 0 Å². The van der Waals surface area contributed by atoms with Gasteiger partial charge < -0.3 is 4.90 Å². The molecule has 0 bridgehead atoms. The van der Waals surface area contributed by atoms with Gasteiger partial charge in [0.1, 0.15) is 45.0 Å². The van der Waals surface area contributed by atoms with Crippen molar-refractivity contribution in [2.45, 2.75) is 46.0 Å². The van der Waals surface area contributed by atoms with Gasteiger partial charge >= 0.3 is 0 Å². The van der Waals surface area contributed by atoms with Crippen molar-refractivity contribution in [1.29, 1.82) is 0 Å². The van der Waals surface area contributed by atoms with Crippen molar-refractivity contribution in [2.75, 3.05) is 46.3 Å². The van der Waals surface area contributed by atoms with Crippen LogP contribution < -0.4 is 9.80 Å². The fourth-order valence-electron chi connectivity index (χ4n) is 4.28. The predicted molar refractivity (Wildman–Crippen MR) is 87.3 cm³/mol. The van der Waals surface area contributed by atoms with Crippen LogP contribution in [0.5, 0.6) is 0 Å². The van der Waals surface area contributed by atoms with Crippen molar-refractivity contribution in [3.05, 3.63) is 11.8 Å². The largest absolute Gasteiger partial charge is 0.328 e. The molecule has 0 aromatic rings. The molecule has 0 radical (unpaired) electrons. The van der Waals surface area contributed by atoms with E-state index in [4.69, 9.17) is 0 Å². The van der Waals surface area contributed by atoms with E-state index >= 15 is 0 Å². The standard InChI is InChI=1S/C18H32N3/c1-18(2)14-16(20-7-5-4-6-8-20)13-17(15-18)21-11-9-19(3)10-12-21/h13H,4-12,14-15H2,1-3H3/q+1/p+2. The first-order chi connectivity index (χ1) is 10.0. The molecule has 0 atom stereocenters. The summed E-state index contributed by atoms with van der Waals surface area (Å²) in [5.74, 6) is 0. The lowest BCUT2D eigenvalue weighted by Gasteiger charge is -2.35. The monoisotopic (exact) mass is 292 g/mol. The molecule has 2 N–H and O–H groups in total. The topological polar surface area (TPSA) is 11.9 Å². The van der Waals surface area contributed by atoms with E-state index in [-0.39, 0.29) is 0 Å². The molecule has 0 aromatic carbocycles. The Bertz CT molecular complexity index is 431. The van der Waals surface area contributed by atoms with Crippen LogP contribution in [-0.2, 0) is 0 Å². The Balaban J connectivity index is 1.82. The molecule has 1 aliphatic carbocycles. The van der Waals surface area contributed by atoms with Gasteiger partial charge in [-0.2, -0.15) is 0 Å². The molecule has 3 heteroatoms. The molecule has 2 heterocycles. The molecular weight excluding hydrogens is 258 g/mol. The summed E-state index contributed by atoms with van der Waals surface area (Å²) in [6.07, 6.45) is 9.35. The van der Waals surface area contributed by atoms with Gasteiger partial charge in [-0.15, -0.1) is 0 Å². The van der Waals surface area contributed by atoms with Gasteiger partial charge in [-0.05, 0) is 11.8 Å². The quantitative estimate of drug-likeness (QED) is 0.618. The molecule has 118 valence electrons. The minimum absolute atomic E-state index is 0.445. The first-order valence-electron chi connectivity index (χ1n) is 9.01. The van der Waals surface area contributed by atoms with Gasteiger partial charge in [-0.1, -0.05) is 13.8 Å². The summed E-state index contributed by atoms with van der Waals surface area (Å²) in [7, 11) is 2.33. The third-order valence-corrected chi connectivity index (χ3v) is 5.59. The minimum atomic E-state index is 0.445. The second kappa shape index (κ2) is 6.21. The van der Waals surface area contributed by atoms with E-state index in [0.29, 0.717) is 5.41 Å². The highest BCUT2D eigenvalue weighted by Gasteiger charge is 2.36. The number of piperidine rings is 1. The Hall–Kier alpha value is -0.670. The van der Waals surface area contributed by atoms with Crippen LogP contribution in [0.2, 0.25) is 0 Å². The zero-order valence-electron chi connectivity index (χ0n) is 14.3. The van der Waals surface area contributed by atoms with Crippen LogP contribution >= 0.6 is 0 Å². The summed E-state index contributed by atoms with van der Waals surface area (Å²) in [6, 6.07) is 0. The zero-order chi connectivity index (χ0) is 14.9. The Morgan fingerprint density at radius 2 is 1.62 bits per heavy atom. The second-order valence-corrected chi connectivity index (χ2v) is 8.29. The van der Waals surface area contributed by atoms with Gasteiger partial charge in [-0.3, -0.25) is 4.90 Å². The second-order valence-electron chi connectivity index (χ2n) is 8.29. The molecule has 3 rings (SSSR count). The number of hydrogen-bond donors (Lipinski definition) is 2. The highest BCUT2D eigenvalue weighted by Crippen LogP contribution is 2.32. The number of rotatable bonds is 1. The molecule has 2 aliphatic heterocycles. The highest BCUT2D eigenvalue weighted by atomic mass is 15.3. The Kier molecular flexibility index (Phi) is 4.51. The van der Waals surface area contributed by atoms with Gasteiger partial charge in [0.2, 0.25) is 0 Å². The molecule has 2 fully saturated rings. The summed E-state index contributed by atoms with van der Waals surface area (Å²) in [6.45, 7) is 12.8. The van der Waals surface area contributed by atoms with Crippen molar-refractivity contribution >= 4 is 5.71 Å². The fourth-order valence-corrected chi connectivity index (χ4v) is 4.28. The molecule has 0 amide bonds. The first kappa shape index (κ1) is 15.2. The van der Waals surface area contributed by atoms with Gasteiger partial charge in [0.15, 0.2) is 5.71 Å². The third kappa shape index (κ3) is 3.75. The molecule has 21 heavy (non-hydrogen) atoms. The van der Waals surface area contributed by atoms with Gasteiger partial charge in [0.25, 0.3) is 0 Å². The lowest BCUT2D eigenvalue weighted by atomic mass is 9.77. The van der Waals surface area contributed by atoms with E-state index in [1.807, 2.05) is 0 Å². The maximum Gasteiger partial charge on any atom is 0.182 e. The molecule has 0 aromatic heterocycles. The van der Waals surface area contributed by atoms with Gasteiger partial charge in [0, 0.05) is 25.7 Å². The molecule has 0 unspecified atom stereocenters. The summed E-state index contributed by atoms with van der Waals surface area (Å²) in [4.78, 5) is 3.47. The smallest absolute Gasteiger partial charge is 0.182 e. The highest BCUT2D eigenvalue weighted by molar-refractivity contribution is 5.92. The lowest BCUT2D eigenvalue weighted by molar-refractivity contribution is -0.986. The number of piperazine rings is 1. The van der Waals surface area contributed by atoms with Crippen LogP contribution in [0.1, 0.15) is 46.0 Å². The predicted octanol–water partition coefficient (Wildman–Crippen LogP) is -0.259. The first-order valence-corrected chi connectivity index (χ1v) is 9.01. The number of quaternary nitrogens is 2. The third-order valence-electron chi connectivity index (χ3n) is 5.59. The van der Waals surface area contributed by atoms with Crippen LogP contribution in [0.3, 0.4) is 0 Å². The Morgan fingerprint density at radius 3 is 2.29 bits per heavy atom. The minimum Gasteiger partial charge on any atom is -0.328 e. The normalized spacial score (nSPS) is 33.8. The molecule has 2 saturated heterocycles. The number of likely N-dealkylation sites (N-methyl/N-ethyl adjacent to an activating group) is 1. The van der Waals surface area contributed by atoms with Crippen molar-refractivity contribution in [3.8, 4) is 0 Å². The number of nitrogens with zero attached hydrogens (tertiary/aromatic N) is 1. The van der Waals surface area contributed by atoms with E-state index in [2.05, 4.69) is 31.5 Å². The average molecular weight is 292 g/mol. The van der Waals surface area contributed by atoms with Crippen LogP contribution in [0, 0.1) is 5.41 Å². The van der Waals surface area contributed by atoms with E-state index in [1.165, 1.54) is 71.4 Å². The van der Waals surface area contributed by atoms with Crippen molar-refractivity contribution < 1.29 is 14.4 Å². The van der Waals surface area contributed by atoms with Gasteiger partial charge in [0.05, 0.1) is 13.1 Å². The van der Waals surface area contributed by atoms with Crippen molar-refractivity contribution in [2.24, 2.45) is 5.41 Å². The molecule has 3 aliphatic rings. The fraction of sp³-hybridized carbons (Fsp3) is 0.833. The van der Waals surface area contributed by atoms with E-state index < -0.39 is 0 Å². The summed E-state index contributed by atoms with van der Waals surface area (Å²) in [5.41, 5.74) is 3.78. The van der Waals surface area contributed by atoms with E-state index in [1.54, 1.807) is 21.2 Å². The summed E-state index contributed by atoms with van der Waals surface area (Å²) < 4.78 is 2.69. The van der Waals surface area contributed by atoms with E-state index in [9.17, 15) is 0 Å². The maximum atomic E-state index is 2.69. The maximum absolute atomic E-state index is 2.69. The van der Waals surface area contributed by atoms with E-state index in [0.717, 1.165) is 0 Å².